The van der Waals surface area contributed by atoms with E-state index in [2.05, 4.69) is 22.4 Å². The maximum atomic E-state index is 5.84. The number of nitrogens with one attached hydrogen (secondary N) is 1. The molecule has 1 atom stereocenters. The average molecular weight is 252 g/mol. The Morgan fingerprint density at radius 2 is 2.00 bits per heavy atom. The van der Waals surface area contributed by atoms with Crippen molar-refractivity contribution in [2.75, 3.05) is 0 Å². The third-order valence-electron chi connectivity index (χ3n) is 2.50. The summed E-state index contributed by atoms with van der Waals surface area (Å²) in [5.74, 6) is 1.18. The number of aryl methyl sites for hydroxylation is 1. The third-order valence-corrected chi connectivity index (χ3v) is 2.75. The minimum atomic E-state index is 0.208. The van der Waals surface area contributed by atoms with Crippen LogP contribution in [0.1, 0.15) is 30.3 Å². The Kier molecular flexibility index (Phi) is 3.76. The molecule has 0 radical (unpaired) electrons. The van der Waals surface area contributed by atoms with Crippen molar-refractivity contribution in [3.05, 3.63) is 46.6 Å². The highest BCUT2D eigenvalue weighted by atomic mass is 35.5. The lowest BCUT2D eigenvalue weighted by Gasteiger charge is -2.12. The molecule has 0 spiro atoms. The van der Waals surface area contributed by atoms with Gasteiger partial charge in [-0.2, -0.15) is 0 Å². The van der Waals surface area contributed by atoms with Crippen LogP contribution in [0.5, 0.6) is 0 Å². The van der Waals surface area contributed by atoms with Crippen molar-refractivity contribution in [1.82, 2.24) is 15.5 Å². The number of halogens is 1. The highest BCUT2D eigenvalue weighted by Gasteiger charge is 2.07. The number of nitrogens with zero attached hydrogens (tertiary/aromatic N) is 2. The summed E-state index contributed by atoms with van der Waals surface area (Å²) in [5, 5.41) is 11.8. The van der Waals surface area contributed by atoms with Gasteiger partial charge < -0.3 is 9.73 Å². The van der Waals surface area contributed by atoms with Crippen LogP contribution in [0, 0.1) is 6.92 Å². The van der Waals surface area contributed by atoms with Crippen molar-refractivity contribution >= 4 is 11.6 Å². The molecule has 0 bridgehead atoms. The molecule has 1 aromatic carbocycles. The summed E-state index contributed by atoms with van der Waals surface area (Å²) in [6, 6.07) is 7.97. The first kappa shape index (κ1) is 12.1. The van der Waals surface area contributed by atoms with Crippen molar-refractivity contribution in [1.29, 1.82) is 0 Å². The van der Waals surface area contributed by atoms with E-state index in [0.29, 0.717) is 18.3 Å². The molecule has 90 valence electrons. The van der Waals surface area contributed by atoms with E-state index >= 15 is 0 Å². The highest BCUT2D eigenvalue weighted by molar-refractivity contribution is 6.30. The minimum absolute atomic E-state index is 0.208. The third kappa shape index (κ3) is 3.28. The van der Waals surface area contributed by atoms with Crippen LogP contribution in [0.25, 0.3) is 0 Å². The summed E-state index contributed by atoms with van der Waals surface area (Å²) in [4.78, 5) is 0. The van der Waals surface area contributed by atoms with E-state index in [1.165, 1.54) is 5.56 Å². The molecule has 2 rings (SSSR count). The van der Waals surface area contributed by atoms with E-state index in [1.807, 2.05) is 24.3 Å². The lowest BCUT2D eigenvalue weighted by molar-refractivity contribution is 0.430. The van der Waals surface area contributed by atoms with E-state index in [4.69, 9.17) is 16.0 Å². The average Bonchev–Trinajstić information content (AvgIpc) is 2.73. The largest absolute Gasteiger partial charge is 0.424 e. The molecule has 17 heavy (non-hydrogen) atoms. The van der Waals surface area contributed by atoms with Gasteiger partial charge in [0.05, 0.1) is 6.54 Å². The van der Waals surface area contributed by atoms with Crippen LogP contribution >= 0.6 is 11.6 Å². The number of rotatable bonds is 4. The summed E-state index contributed by atoms with van der Waals surface area (Å²) in [6.45, 7) is 4.41. The van der Waals surface area contributed by atoms with Crippen LogP contribution in [0.2, 0.25) is 5.02 Å². The van der Waals surface area contributed by atoms with Gasteiger partial charge in [-0.15, -0.1) is 10.2 Å². The van der Waals surface area contributed by atoms with Gasteiger partial charge in [-0.3, -0.25) is 0 Å². The molecule has 0 amide bonds. The molecule has 0 saturated heterocycles. The zero-order valence-corrected chi connectivity index (χ0v) is 10.5. The molecular formula is C12H14ClN3O. The van der Waals surface area contributed by atoms with Crippen molar-refractivity contribution < 1.29 is 4.42 Å². The predicted octanol–water partition coefficient (Wildman–Crippen LogP) is 2.88. The lowest BCUT2D eigenvalue weighted by atomic mass is 10.1. The highest BCUT2D eigenvalue weighted by Crippen LogP contribution is 2.16. The number of hydrogen-bond acceptors (Lipinski definition) is 4. The summed E-state index contributed by atoms with van der Waals surface area (Å²) >= 11 is 5.84. The first-order valence-corrected chi connectivity index (χ1v) is 5.81. The standard InChI is InChI=1S/C12H14ClN3O/c1-8(10-3-5-11(13)6-4-10)14-7-12-16-15-9(2)17-12/h3-6,8,14H,7H2,1-2H3. The van der Waals surface area contributed by atoms with E-state index < -0.39 is 0 Å². The van der Waals surface area contributed by atoms with Gasteiger partial charge in [-0.25, -0.2) is 0 Å². The van der Waals surface area contributed by atoms with Crippen LogP contribution in [0.15, 0.2) is 28.7 Å². The monoisotopic (exact) mass is 251 g/mol. The first-order chi connectivity index (χ1) is 8.15. The quantitative estimate of drug-likeness (QED) is 0.908. The van der Waals surface area contributed by atoms with Crippen molar-refractivity contribution in [2.24, 2.45) is 0 Å². The molecule has 1 unspecified atom stereocenters. The zero-order chi connectivity index (χ0) is 12.3. The topological polar surface area (TPSA) is 51.0 Å². The molecule has 0 aliphatic carbocycles. The second-order valence-corrected chi connectivity index (χ2v) is 4.31. The van der Waals surface area contributed by atoms with Crippen LogP contribution in [0.4, 0.5) is 0 Å². The van der Waals surface area contributed by atoms with E-state index in [-0.39, 0.29) is 6.04 Å². The van der Waals surface area contributed by atoms with Gasteiger partial charge >= 0.3 is 0 Å². The Morgan fingerprint density at radius 3 is 2.59 bits per heavy atom. The number of hydrogen-bond donors (Lipinski definition) is 1. The number of aromatic nitrogens is 2. The molecule has 4 nitrogen and oxygen atoms in total. The summed E-state index contributed by atoms with van der Waals surface area (Å²) in [5.41, 5.74) is 1.17. The van der Waals surface area contributed by atoms with Gasteiger partial charge in [0.25, 0.3) is 0 Å². The normalized spacial score (nSPS) is 12.6. The Hall–Kier alpha value is -1.39. The van der Waals surface area contributed by atoms with E-state index in [9.17, 15) is 0 Å². The molecule has 1 N–H and O–H groups in total. The summed E-state index contributed by atoms with van der Waals surface area (Å²) in [6.07, 6.45) is 0. The van der Waals surface area contributed by atoms with Crippen LogP contribution in [0.3, 0.4) is 0 Å². The minimum Gasteiger partial charge on any atom is -0.424 e. The SMILES string of the molecule is Cc1nnc(CNC(C)c2ccc(Cl)cc2)o1. The molecule has 0 aliphatic heterocycles. The fourth-order valence-electron chi connectivity index (χ4n) is 1.52. The molecule has 2 aromatic rings. The second kappa shape index (κ2) is 5.29. The molecular weight excluding hydrogens is 238 g/mol. The van der Waals surface area contributed by atoms with Gasteiger partial charge in [-0.1, -0.05) is 23.7 Å². The van der Waals surface area contributed by atoms with Gasteiger partial charge in [0.2, 0.25) is 11.8 Å². The Balaban J connectivity index is 1.93. The maximum Gasteiger partial charge on any atom is 0.230 e. The summed E-state index contributed by atoms with van der Waals surface area (Å²) < 4.78 is 5.28. The van der Waals surface area contributed by atoms with Crippen molar-refractivity contribution in [3.63, 3.8) is 0 Å². The predicted molar refractivity (Wildman–Crippen MR) is 65.7 cm³/mol. The fourth-order valence-corrected chi connectivity index (χ4v) is 1.64. The zero-order valence-electron chi connectivity index (χ0n) is 9.77. The lowest BCUT2D eigenvalue weighted by Crippen LogP contribution is -2.18. The van der Waals surface area contributed by atoms with Crippen molar-refractivity contribution in [3.8, 4) is 0 Å². The molecule has 0 fully saturated rings. The molecule has 1 heterocycles. The van der Waals surface area contributed by atoms with E-state index in [0.717, 1.165) is 5.02 Å². The maximum absolute atomic E-state index is 5.84. The van der Waals surface area contributed by atoms with Crippen LogP contribution in [-0.2, 0) is 6.54 Å². The van der Waals surface area contributed by atoms with Gasteiger partial charge in [0.1, 0.15) is 0 Å². The van der Waals surface area contributed by atoms with Gasteiger partial charge in [0, 0.05) is 18.0 Å². The van der Waals surface area contributed by atoms with Crippen LogP contribution in [-0.4, -0.2) is 10.2 Å². The Morgan fingerprint density at radius 1 is 1.29 bits per heavy atom. The fraction of sp³-hybridized carbons (Fsp3) is 0.333. The Labute approximate surface area is 105 Å². The van der Waals surface area contributed by atoms with Crippen LogP contribution < -0.4 is 5.32 Å². The molecule has 0 aliphatic rings. The smallest absolute Gasteiger partial charge is 0.230 e. The molecule has 1 aromatic heterocycles. The first-order valence-electron chi connectivity index (χ1n) is 5.43. The van der Waals surface area contributed by atoms with Crippen molar-refractivity contribution in [2.45, 2.75) is 26.4 Å². The van der Waals surface area contributed by atoms with Gasteiger partial charge in [0.15, 0.2) is 0 Å². The van der Waals surface area contributed by atoms with E-state index in [1.54, 1.807) is 6.92 Å². The van der Waals surface area contributed by atoms with Gasteiger partial charge in [-0.05, 0) is 24.6 Å². The molecule has 5 heteroatoms. The second-order valence-electron chi connectivity index (χ2n) is 3.87. The number of benzene rings is 1. The summed E-state index contributed by atoms with van der Waals surface area (Å²) in [7, 11) is 0. The molecule has 0 saturated carbocycles. The Bertz CT molecular complexity index is 481.